The Labute approximate surface area is 140 Å². The van der Waals surface area contributed by atoms with E-state index in [1.807, 2.05) is 0 Å². The van der Waals surface area contributed by atoms with Crippen LogP contribution in [0.4, 0.5) is 0 Å². The summed E-state index contributed by atoms with van der Waals surface area (Å²) in [5, 5.41) is 0. The normalized spacial score (nSPS) is 10.9. The fourth-order valence-corrected chi connectivity index (χ4v) is 1.63. The minimum atomic E-state index is -3.72. The van der Waals surface area contributed by atoms with Crippen molar-refractivity contribution in [3.05, 3.63) is 0 Å². The molecule has 0 rings (SSSR count). The first-order valence-electron chi connectivity index (χ1n) is 4.51. The van der Waals surface area contributed by atoms with E-state index in [4.69, 9.17) is 4.55 Å². The van der Waals surface area contributed by atoms with Crippen LogP contribution < -0.4 is 0 Å². The maximum atomic E-state index is 10.3. The van der Waals surface area contributed by atoms with E-state index in [1.54, 1.807) is 0 Å². The Morgan fingerprint density at radius 3 is 1.92 bits per heavy atom. The third-order valence-electron chi connectivity index (χ3n) is 1.76. The Hall–Kier alpha value is 1.96. The van der Waals surface area contributed by atoms with Gasteiger partial charge in [0.1, 0.15) is 0 Å². The summed E-state index contributed by atoms with van der Waals surface area (Å²) in [4.78, 5) is 0. The van der Waals surface area contributed by atoms with E-state index in [0.717, 1.165) is 12.8 Å². The van der Waals surface area contributed by atoms with E-state index < -0.39 is 10.1 Å². The van der Waals surface area contributed by atoms with Crippen LogP contribution in [0.3, 0.4) is 0 Å². The topological polar surface area (TPSA) is 54.4 Å². The predicted octanol–water partition coefficient (Wildman–Crippen LogP) is 1.59. The summed E-state index contributed by atoms with van der Waals surface area (Å²) < 4.78 is 28.9. The quantitative estimate of drug-likeness (QED) is 0.570. The van der Waals surface area contributed by atoms with Crippen LogP contribution in [-0.2, 0) is 10.1 Å². The summed E-state index contributed by atoms with van der Waals surface area (Å²) in [6.07, 6.45) is 6.14. The van der Waals surface area contributed by atoms with Crippen LogP contribution in [0.2, 0.25) is 0 Å². The Bertz CT molecular complexity index is 190. The Kier molecular flexibility index (Phi) is 14.0. The zero-order valence-corrected chi connectivity index (χ0v) is 8.44. The van der Waals surface area contributed by atoms with Gasteiger partial charge in [0.05, 0.1) is 5.75 Å². The van der Waals surface area contributed by atoms with Gasteiger partial charge in [0.2, 0.25) is 0 Å². The molecule has 0 saturated heterocycles. The van der Waals surface area contributed by atoms with Gasteiger partial charge in [-0.15, -0.1) is 0 Å². The van der Waals surface area contributed by atoms with Crippen molar-refractivity contribution >= 4 is 79.0 Å². The Balaban J connectivity index is 0. The molecule has 0 bridgehead atoms. The van der Waals surface area contributed by atoms with E-state index in [9.17, 15) is 8.42 Å². The van der Waals surface area contributed by atoms with Crippen molar-refractivity contribution in [2.45, 2.75) is 45.4 Å². The monoisotopic (exact) mass is 328 g/mol. The van der Waals surface area contributed by atoms with Crippen LogP contribution in [0.15, 0.2) is 0 Å². The second kappa shape index (κ2) is 10.5. The fourth-order valence-electron chi connectivity index (χ4n) is 1.06. The molecular weight excluding hydrogens is 309 g/mol. The standard InChI is InChI=1S/C8H18O3S.Cs.H/c1-2-3-4-5-6-7-8-12(9,10)11;;/h2-8H2,1H3,(H,9,10,11);;. The molecule has 3 nitrogen and oxygen atoms in total. The van der Waals surface area contributed by atoms with E-state index >= 15 is 0 Å². The summed E-state index contributed by atoms with van der Waals surface area (Å²) in [6.45, 7) is 2.14. The molecule has 1 N–H and O–H groups in total. The van der Waals surface area contributed by atoms with Crippen molar-refractivity contribution in [3.8, 4) is 0 Å². The van der Waals surface area contributed by atoms with Crippen molar-refractivity contribution in [2.24, 2.45) is 0 Å². The predicted molar refractivity (Wildman–Crippen MR) is 56.9 cm³/mol. The summed E-state index contributed by atoms with van der Waals surface area (Å²) in [7, 11) is -3.72. The van der Waals surface area contributed by atoms with Gasteiger partial charge < -0.3 is 0 Å². The molecule has 0 aliphatic rings. The summed E-state index contributed by atoms with van der Waals surface area (Å²) in [5.74, 6) is -0.0842. The molecule has 0 heterocycles. The first kappa shape index (κ1) is 17.4. The van der Waals surface area contributed by atoms with E-state index in [-0.39, 0.29) is 74.6 Å². The first-order valence-corrected chi connectivity index (χ1v) is 6.12. The number of hydrogen-bond acceptors (Lipinski definition) is 2. The SMILES string of the molecule is CCCCCCCCS(=O)(=O)O.[CsH]. The Morgan fingerprint density at radius 1 is 1.00 bits per heavy atom. The van der Waals surface area contributed by atoms with Gasteiger partial charge in [-0.25, -0.2) is 0 Å². The van der Waals surface area contributed by atoms with Gasteiger partial charge in [0.25, 0.3) is 10.1 Å². The van der Waals surface area contributed by atoms with Gasteiger partial charge in [-0.3, -0.25) is 4.55 Å². The van der Waals surface area contributed by atoms with Crippen molar-refractivity contribution in [1.82, 2.24) is 0 Å². The van der Waals surface area contributed by atoms with Crippen molar-refractivity contribution < 1.29 is 13.0 Å². The Morgan fingerprint density at radius 2 is 1.46 bits per heavy atom. The van der Waals surface area contributed by atoms with Crippen LogP contribution in [0, 0.1) is 0 Å². The number of rotatable bonds is 7. The minimum absolute atomic E-state index is 0. The molecule has 0 aliphatic heterocycles. The first-order chi connectivity index (χ1) is 5.56. The molecule has 0 spiro atoms. The molecule has 0 fully saturated rings. The van der Waals surface area contributed by atoms with Gasteiger partial charge in [-0.1, -0.05) is 39.0 Å². The third-order valence-corrected chi connectivity index (χ3v) is 2.56. The van der Waals surface area contributed by atoms with Crippen LogP contribution in [0.1, 0.15) is 45.4 Å². The second-order valence-electron chi connectivity index (χ2n) is 3.05. The molecule has 0 saturated carbocycles. The third kappa shape index (κ3) is 16.6. The number of unbranched alkanes of at least 4 members (excludes halogenated alkanes) is 5. The molecule has 0 amide bonds. The molecule has 0 aromatic rings. The van der Waals surface area contributed by atoms with Gasteiger partial charge in [-0.05, 0) is 6.42 Å². The summed E-state index contributed by atoms with van der Waals surface area (Å²) >= 11 is 0. The molecule has 0 unspecified atom stereocenters. The van der Waals surface area contributed by atoms with E-state index in [1.165, 1.54) is 19.3 Å². The molecule has 0 aliphatic carbocycles. The van der Waals surface area contributed by atoms with Crippen molar-refractivity contribution in [1.29, 1.82) is 0 Å². The fraction of sp³-hybridized carbons (Fsp3) is 1.00. The molecule has 76 valence electrons. The number of hydrogen-bond donors (Lipinski definition) is 1. The van der Waals surface area contributed by atoms with Crippen LogP contribution >= 0.6 is 0 Å². The van der Waals surface area contributed by atoms with Gasteiger partial charge in [0.15, 0.2) is 0 Å². The average Bonchev–Trinajstić information content (AvgIpc) is 1.94. The van der Waals surface area contributed by atoms with Crippen LogP contribution in [-0.4, -0.2) is 87.6 Å². The zero-order chi connectivity index (χ0) is 9.45. The molecule has 5 heteroatoms. The second-order valence-corrected chi connectivity index (χ2v) is 4.63. The molecular formula is C8H19CsO3S. The van der Waals surface area contributed by atoms with Crippen LogP contribution in [0.5, 0.6) is 0 Å². The zero-order valence-electron chi connectivity index (χ0n) is 7.62. The van der Waals surface area contributed by atoms with Gasteiger partial charge >= 0.3 is 68.9 Å². The van der Waals surface area contributed by atoms with Crippen molar-refractivity contribution in [3.63, 3.8) is 0 Å². The van der Waals surface area contributed by atoms with Gasteiger partial charge in [-0.2, -0.15) is 8.42 Å². The molecule has 0 radical (unpaired) electrons. The molecule has 0 atom stereocenters. The molecule has 0 aromatic heterocycles. The average molecular weight is 328 g/mol. The van der Waals surface area contributed by atoms with Crippen molar-refractivity contribution in [2.75, 3.05) is 5.75 Å². The van der Waals surface area contributed by atoms with Gasteiger partial charge in [0, 0.05) is 0 Å². The molecule has 13 heavy (non-hydrogen) atoms. The molecule has 0 aromatic carbocycles. The van der Waals surface area contributed by atoms with E-state index in [0.29, 0.717) is 6.42 Å². The summed E-state index contributed by atoms with van der Waals surface area (Å²) in [5.41, 5.74) is 0. The van der Waals surface area contributed by atoms with Crippen LogP contribution in [0.25, 0.3) is 0 Å². The maximum absolute atomic E-state index is 10.3. The summed E-state index contributed by atoms with van der Waals surface area (Å²) in [6, 6.07) is 0. The van der Waals surface area contributed by atoms with E-state index in [2.05, 4.69) is 6.92 Å².